The summed E-state index contributed by atoms with van der Waals surface area (Å²) in [4.78, 5) is 39.0. The number of nitriles is 1. The molecular weight excluding hydrogens is 320 g/mol. The third-order valence-electron chi connectivity index (χ3n) is 4.46. The third-order valence-corrected chi connectivity index (χ3v) is 4.46. The minimum absolute atomic E-state index is 0.0248. The molecule has 0 saturated heterocycles. The first kappa shape index (κ1) is 16.5. The van der Waals surface area contributed by atoms with E-state index in [0.29, 0.717) is 29.8 Å². The molecule has 2 heterocycles. The molecule has 126 valence electrons. The van der Waals surface area contributed by atoms with Crippen LogP contribution >= 0.6 is 0 Å². The molecule has 2 aromatic rings. The molecule has 1 aliphatic rings. The summed E-state index contributed by atoms with van der Waals surface area (Å²) in [5.41, 5.74) is 7.01. The summed E-state index contributed by atoms with van der Waals surface area (Å²) in [7, 11) is 1.65. The summed E-state index contributed by atoms with van der Waals surface area (Å²) < 4.78 is 1.23. The largest absolute Gasteiger partial charge is 0.364 e. The molecule has 2 N–H and O–H groups in total. The van der Waals surface area contributed by atoms with Gasteiger partial charge in [0.1, 0.15) is 5.69 Å². The van der Waals surface area contributed by atoms with Crippen LogP contribution in [-0.2, 0) is 6.42 Å². The number of amides is 2. The summed E-state index contributed by atoms with van der Waals surface area (Å²) in [5.74, 6) is -1.06. The lowest BCUT2D eigenvalue weighted by molar-refractivity contribution is 0.0779. The van der Waals surface area contributed by atoms with Gasteiger partial charge >= 0.3 is 0 Å². The van der Waals surface area contributed by atoms with Crippen molar-refractivity contribution in [3.8, 4) is 11.8 Å². The van der Waals surface area contributed by atoms with Gasteiger partial charge in [0.15, 0.2) is 0 Å². The number of hydrogen-bond acceptors (Lipinski definition) is 4. The van der Waals surface area contributed by atoms with Gasteiger partial charge in [-0.15, -0.1) is 0 Å². The number of aromatic nitrogens is 1. The van der Waals surface area contributed by atoms with Crippen molar-refractivity contribution in [2.24, 2.45) is 5.73 Å². The smallest absolute Gasteiger partial charge is 0.266 e. The second-order valence-corrected chi connectivity index (χ2v) is 5.97. The first-order valence-electron chi connectivity index (χ1n) is 7.71. The Kier molecular flexibility index (Phi) is 3.89. The maximum Gasteiger partial charge on any atom is 0.266 e. The van der Waals surface area contributed by atoms with Crippen molar-refractivity contribution in [1.29, 1.82) is 5.26 Å². The Labute approximate surface area is 143 Å². The zero-order valence-corrected chi connectivity index (χ0v) is 13.9. The van der Waals surface area contributed by atoms with Crippen LogP contribution in [0, 0.1) is 18.3 Å². The topological polar surface area (TPSA) is 109 Å². The number of carbonyl (C=O) groups is 2. The lowest BCUT2D eigenvalue weighted by Gasteiger charge is -2.28. The molecule has 0 atom stereocenters. The summed E-state index contributed by atoms with van der Waals surface area (Å²) in [6, 6.07) is 8.27. The van der Waals surface area contributed by atoms with Crippen LogP contribution in [0.3, 0.4) is 0 Å². The van der Waals surface area contributed by atoms with E-state index >= 15 is 0 Å². The van der Waals surface area contributed by atoms with Gasteiger partial charge in [-0.05, 0) is 43.2 Å². The van der Waals surface area contributed by atoms with E-state index in [1.807, 2.05) is 6.07 Å². The lowest BCUT2D eigenvalue weighted by atomic mass is 9.93. The Morgan fingerprint density at radius 1 is 1.24 bits per heavy atom. The Morgan fingerprint density at radius 2 is 1.88 bits per heavy atom. The van der Waals surface area contributed by atoms with E-state index in [1.54, 1.807) is 38.2 Å². The molecule has 1 aromatic carbocycles. The number of benzene rings is 1. The fraction of sp³-hybridized carbons (Fsp3) is 0.222. The molecule has 0 saturated carbocycles. The highest BCUT2D eigenvalue weighted by molar-refractivity contribution is 6.02. The van der Waals surface area contributed by atoms with Crippen molar-refractivity contribution >= 4 is 11.8 Å². The van der Waals surface area contributed by atoms with Gasteiger partial charge in [0, 0.05) is 24.8 Å². The molecule has 0 aliphatic carbocycles. The number of rotatable bonds is 2. The van der Waals surface area contributed by atoms with Crippen LogP contribution < -0.4 is 11.3 Å². The van der Waals surface area contributed by atoms with Crippen molar-refractivity contribution in [2.45, 2.75) is 13.3 Å². The van der Waals surface area contributed by atoms with Gasteiger partial charge in [-0.3, -0.25) is 19.0 Å². The van der Waals surface area contributed by atoms with E-state index in [9.17, 15) is 14.4 Å². The van der Waals surface area contributed by atoms with Crippen LogP contribution in [-0.4, -0.2) is 34.9 Å². The van der Waals surface area contributed by atoms with Crippen LogP contribution in [0.1, 0.15) is 37.5 Å². The molecule has 0 bridgehead atoms. The summed E-state index contributed by atoms with van der Waals surface area (Å²) in [6.45, 7) is 2.01. The second-order valence-electron chi connectivity index (χ2n) is 5.97. The highest BCUT2D eigenvalue weighted by atomic mass is 16.2. The SMILES string of the molecule is Cc1c2c(c(C(N)=O)n(-c3ccc(C#N)cc3)c1=O)CCN(C)C2=O. The normalized spacial score (nSPS) is 13.3. The highest BCUT2D eigenvalue weighted by Crippen LogP contribution is 2.25. The van der Waals surface area contributed by atoms with Crippen LogP contribution in [0.25, 0.3) is 5.69 Å². The molecular formula is C18H16N4O3. The fourth-order valence-electron chi connectivity index (χ4n) is 3.15. The Morgan fingerprint density at radius 3 is 2.44 bits per heavy atom. The van der Waals surface area contributed by atoms with E-state index in [2.05, 4.69) is 0 Å². The van der Waals surface area contributed by atoms with Crippen LogP contribution in [0.2, 0.25) is 0 Å². The fourth-order valence-corrected chi connectivity index (χ4v) is 3.15. The van der Waals surface area contributed by atoms with Crippen molar-refractivity contribution in [2.75, 3.05) is 13.6 Å². The Balaban J connectivity index is 2.39. The Hall–Kier alpha value is -3.40. The van der Waals surface area contributed by atoms with Gasteiger partial charge in [0.05, 0.1) is 17.2 Å². The minimum Gasteiger partial charge on any atom is -0.364 e. The Bertz CT molecular complexity index is 997. The zero-order valence-electron chi connectivity index (χ0n) is 13.9. The minimum atomic E-state index is -0.768. The molecule has 0 radical (unpaired) electrons. The molecule has 3 rings (SSSR count). The van der Waals surface area contributed by atoms with Crippen LogP contribution in [0.15, 0.2) is 29.1 Å². The van der Waals surface area contributed by atoms with Gasteiger partial charge in [-0.25, -0.2) is 0 Å². The average molecular weight is 336 g/mol. The molecule has 0 fully saturated rings. The second kappa shape index (κ2) is 5.91. The summed E-state index contributed by atoms with van der Waals surface area (Å²) in [6.07, 6.45) is 0.438. The molecule has 25 heavy (non-hydrogen) atoms. The maximum absolute atomic E-state index is 12.9. The van der Waals surface area contributed by atoms with E-state index in [1.165, 1.54) is 9.47 Å². The average Bonchev–Trinajstić information content (AvgIpc) is 2.60. The zero-order chi connectivity index (χ0) is 18.3. The van der Waals surface area contributed by atoms with Gasteiger partial charge in [-0.2, -0.15) is 5.26 Å². The first-order chi connectivity index (χ1) is 11.9. The van der Waals surface area contributed by atoms with Gasteiger partial charge in [-0.1, -0.05) is 0 Å². The number of nitrogens with two attached hydrogens (primary N) is 1. The number of fused-ring (bicyclic) bond motifs is 1. The molecule has 0 unspecified atom stereocenters. The predicted octanol–water partition coefficient (Wildman–Crippen LogP) is 0.745. The van der Waals surface area contributed by atoms with Gasteiger partial charge in [0.2, 0.25) is 0 Å². The molecule has 7 nitrogen and oxygen atoms in total. The molecule has 7 heteroatoms. The molecule has 1 aliphatic heterocycles. The number of hydrogen-bond donors (Lipinski definition) is 1. The maximum atomic E-state index is 12.9. The third kappa shape index (κ3) is 2.48. The van der Waals surface area contributed by atoms with Crippen LogP contribution in [0.5, 0.6) is 0 Å². The van der Waals surface area contributed by atoms with E-state index in [-0.39, 0.29) is 22.7 Å². The first-order valence-corrected chi connectivity index (χ1v) is 7.71. The number of nitrogens with zero attached hydrogens (tertiary/aromatic N) is 3. The quantitative estimate of drug-likeness (QED) is 0.872. The van der Waals surface area contributed by atoms with E-state index < -0.39 is 11.5 Å². The van der Waals surface area contributed by atoms with E-state index in [0.717, 1.165) is 0 Å². The predicted molar refractivity (Wildman–Crippen MR) is 90.7 cm³/mol. The number of carbonyl (C=O) groups excluding carboxylic acids is 2. The van der Waals surface area contributed by atoms with Crippen molar-refractivity contribution in [3.63, 3.8) is 0 Å². The van der Waals surface area contributed by atoms with Gasteiger partial charge < -0.3 is 10.6 Å². The summed E-state index contributed by atoms with van der Waals surface area (Å²) in [5, 5.41) is 8.92. The number of primary amides is 1. The monoisotopic (exact) mass is 336 g/mol. The van der Waals surface area contributed by atoms with Crippen molar-refractivity contribution in [3.05, 3.63) is 62.6 Å². The van der Waals surface area contributed by atoms with Crippen LogP contribution in [0.4, 0.5) is 0 Å². The lowest BCUT2D eigenvalue weighted by Crippen LogP contribution is -2.41. The van der Waals surface area contributed by atoms with E-state index in [4.69, 9.17) is 11.0 Å². The number of likely N-dealkylation sites (N-methyl/N-ethyl adjacent to an activating group) is 1. The highest BCUT2D eigenvalue weighted by Gasteiger charge is 2.31. The summed E-state index contributed by atoms with van der Waals surface area (Å²) >= 11 is 0. The van der Waals surface area contributed by atoms with Crippen molar-refractivity contribution < 1.29 is 9.59 Å². The van der Waals surface area contributed by atoms with Crippen molar-refractivity contribution in [1.82, 2.24) is 9.47 Å². The van der Waals surface area contributed by atoms with Gasteiger partial charge in [0.25, 0.3) is 17.4 Å². The standard InChI is InChI=1S/C18H16N4O3/c1-10-14-13(7-8-21(2)18(14)25)15(16(20)23)22(17(10)24)12-5-3-11(9-19)4-6-12/h3-6H,7-8H2,1-2H3,(H2,20,23). The molecule has 1 aromatic heterocycles. The molecule has 0 spiro atoms. The number of pyridine rings is 1. The molecule has 2 amide bonds.